The summed E-state index contributed by atoms with van der Waals surface area (Å²) >= 11 is 0. The van der Waals surface area contributed by atoms with Crippen LogP contribution in [0.3, 0.4) is 0 Å². The van der Waals surface area contributed by atoms with Crippen LogP contribution >= 0.6 is 0 Å². The van der Waals surface area contributed by atoms with Gasteiger partial charge < -0.3 is 20.4 Å². The average molecular weight is 420 g/mol. The second-order valence-electron chi connectivity index (χ2n) is 7.35. The summed E-state index contributed by atoms with van der Waals surface area (Å²) in [5, 5.41) is 43.7. The van der Waals surface area contributed by atoms with E-state index in [2.05, 4.69) is 5.10 Å². The lowest BCUT2D eigenvalue weighted by Gasteiger charge is -2.28. The van der Waals surface area contributed by atoms with Crippen molar-refractivity contribution >= 4 is 0 Å². The van der Waals surface area contributed by atoms with Gasteiger partial charge in [-0.1, -0.05) is 42.5 Å². The van der Waals surface area contributed by atoms with E-state index in [4.69, 9.17) is 0 Å². The minimum Gasteiger partial charge on any atom is -0.394 e. The fraction of sp³-hybridized carbons (Fsp3) is 0.286. The van der Waals surface area contributed by atoms with Gasteiger partial charge in [0.1, 0.15) is 5.54 Å². The number of alkyl halides is 3. The van der Waals surface area contributed by atoms with E-state index in [0.29, 0.717) is 11.1 Å². The largest absolute Gasteiger partial charge is 0.425 e. The zero-order valence-electron chi connectivity index (χ0n) is 15.6. The van der Waals surface area contributed by atoms with Crippen LogP contribution in [0.25, 0.3) is 22.3 Å². The zero-order valence-corrected chi connectivity index (χ0v) is 15.6. The van der Waals surface area contributed by atoms with E-state index in [1.165, 1.54) is 47.4 Å². The van der Waals surface area contributed by atoms with Crippen LogP contribution in [0, 0.1) is 0 Å². The summed E-state index contributed by atoms with van der Waals surface area (Å²) < 4.78 is 43.1. The first-order chi connectivity index (χ1) is 14.2. The fourth-order valence-electron chi connectivity index (χ4n) is 3.94. The normalized spacial score (nSPS) is 18.4. The van der Waals surface area contributed by atoms with Gasteiger partial charge in [0.2, 0.25) is 5.60 Å². The lowest BCUT2D eigenvalue weighted by atomic mass is 9.89. The summed E-state index contributed by atoms with van der Waals surface area (Å²) in [4.78, 5) is 0. The highest BCUT2D eigenvalue weighted by molar-refractivity contribution is 5.92. The predicted molar refractivity (Wildman–Crippen MR) is 101 cm³/mol. The SMILES string of the molecule is OCC(CO)(CO)n1cc(-c2cccc3c2-c2ccccc2C3(O)C(F)(F)F)cn1. The van der Waals surface area contributed by atoms with Gasteiger partial charge in [0.05, 0.1) is 26.0 Å². The molecule has 1 heterocycles. The van der Waals surface area contributed by atoms with Crippen LogP contribution in [0.2, 0.25) is 0 Å². The molecule has 0 spiro atoms. The Balaban J connectivity index is 1.95. The Labute approximate surface area is 169 Å². The highest BCUT2D eigenvalue weighted by Gasteiger charge is 2.61. The molecule has 0 radical (unpaired) electrons. The summed E-state index contributed by atoms with van der Waals surface area (Å²) in [5.41, 5.74) is -3.83. The lowest BCUT2D eigenvalue weighted by Crippen LogP contribution is -2.45. The molecule has 4 rings (SSSR count). The van der Waals surface area contributed by atoms with Crippen LogP contribution in [-0.2, 0) is 11.1 Å². The second-order valence-corrected chi connectivity index (χ2v) is 7.35. The molecule has 0 saturated carbocycles. The molecule has 3 aromatic rings. The van der Waals surface area contributed by atoms with Crippen LogP contribution in [0.15, 0.2) is 54.9 Å². The predicted octanol–water partition coefficient (Wildman–Crippen LogP) is 2.00. The molecule has 1 aliphatic carbocycles. The fourth-order valence-corrected chi connectivity index (χ4v) is 3.94. The Hall–Kier alpha value is -2.72. The van der Waals surface area contributed by atoms with E-state index < -0.39 is 37.1 Å². The van der Waals surface area contributed by atoms with Crippen molar-refractivity contribution in [2.45, 2.75) is 17.3 Å². The summed E-state index contributed by atoms with van der Waals surface area (Å²) in [6, 6.07) is 10.1. The smallest absolute Gasteiger partial charge is 0.394 e. The second kappa shape index (κ2) is 6.92. The van der Waals surface area contributed by atoms with Crippen LogP contribution < -0.4 is 0 Å². The minimum absolute atomic E-state index is 0.232. The topological polar surface area (TPSA) is 98.7 Å². The molecule has 0 fully saturated rings. The molecule has 30 heavy (non-hydrogen) atoms. The van der Waals surface area contributed by atoms with Gasteiger partial charge in [-0.2, -0.15) is 18.3 Å². The van der Waals surface area contributed by atoms with Crippen molar-refractivity contribution in [3.8, 4) is 22.3 Å². The van der Waals surface area contributed by atoms with E-state index in [1.54, 1.807) is 12.1 Å². The Bertz CT molecular complexity index is 1080. The number of hydrogen-bond acceptors (Lipinski definition) is 5. The maximum atomic E-state index is 14.0. The number of rotatable bonds is 5. The first-order valence-electron chi connectivity index (χ1n) is 9.14. The van der Waals surface area contributed by atoms with Crippen LogP contribution in [-0.4, -0.2) is 56.2 Å². The molecule has 1 unspecified atom stereocenters. The number of aromatic nitrogens is 2. The molecule has 2 aromatic carbocycles. The quantitative estimate of drug-likeness (QED) is 0.506. The van der Waals surface area contributed by atoms with Gasteiger partial charge in [0, 0.05) is 22.9 Å². The summed E-state index contributed by atoms with van der Waals surface area (Å²) in [6.45, 7) is -1.78. The number of aliphatic hydroxyl groups is 4. The third kappa shape index (κ3) is 2.63. The standard InChI is InChI=1S/C21H19F3N2O4/c22-21(23,24)20(30)16-6-2-1-4-15(16)18-14(5-3-7-17(18)20)13-8-25-26(9-13)19(10-27,11-28)12-29/h1-9,27-30H,10-12H2. The van der Waals surface area contributed by atoms with E-state index in [-0.39, 0.29) is 22.3 Å². The van der Waals surface area contributed by atoms with Gasteiger partial charge in [0.15, 0.2) is 0 Å². The number of halogens is 3. The lowest BCUT2D eigenvalue weighted by molar-refractivity contribution is -0.246. The number of hydrogen-bond donors (Lipinski definition) is 4. The molecule has 9 heteroatoms. The van der Waals surface area contributed by atoms with Crippen molar-refractivity contribution in [2.75, 3.05) is 19.8 Å². The van der Waals surface area contributed by atoms with Crippen LogP contribution in [0.5, 0.6) is 0 Å². The number of aliphatic hydroxyl groups excluding tert-OH is 3. The summed E-state index contributed by atoms with van der Waals surface area (Å²) in [6.07, 6.45) is -2.12. The summed E-state index contributed by atoms with van der Waals surface area (Å²) in [7, 11) is 0. The Morgan fingerprint density at radius 3 is 2.10 bits per heavy atom. The van der Waals surface area contributed by atoms with Crippen molar-refractivity contribution in [2.24, 2.45) is 0 Å². The van der Waals surface area contributed by atoms with E-state index in [9.17, 15) is 33.6 Å². The van der Waals surface area contributed by atoms with Crippen LogP contribution in [0.1, 0.15) is 11.1 Å². The molecule has 1 aromatic heterocycles. The maximum Gasteiger partial charge on any atom is 0.425 e. The zero-order chi connectivity index (χ0) is 21.7. The highest BCUT2D eigenvalue weighted by atomic mass is 19.4. The molecule has 4 N–H and O–H groups in total. The van der Waals surface area contributed by atoms with Gasteiger partial charge in [-0.15, -0.1) is 0 Å². The van der Waals surface area contributed by atoms with Gasteiger partial charge in [0.25, 0.3) is 0 Å². The number of fused-ring (bicyclic) bond motifs is 3. The Kier molecular flexibility index (Phi) is 4.74. The highest BCUT2D eigenvalue weighted by Crippen LogP contribution is 2.57. The first-order valence-corrected chi connectivity index (χ1v) is 9.14. The molecular weight excluding hydrogens is 401 g/mol. The molecular formula is C21H19F3N2O4. The molecule has 0 aliphatic heterocycles. The van der Waals surface area contributed by atoms with E-state index in [1.807, 2.05) is 0 Å². The van der Waals surface area contributed by atoms with Gasteiger partial charge in [-0.05, 0) is 16.7 Å². The van der Waals surface area contributed by atoms with Gasteiger partial charge >= 0.3 is 6.18 Å². The monoisotopic (exact) mass is 420 g/mol. The maximum absolute atomic E-state index is 14.0. The Morgan fingerprint density at radius 1 is 0.867 bits per heavy atom. The third-order valence-electron chi connectivity index (χ3n) is 5.71. The third-order valence-corrected chi connectivity index (χ3v) is 5.71. The molecule has 6 nitrogen and oxygen atoms in total. The molecule has 1 atom stereocenters. The van der Waals surface area contributed by atoms with Crippen molar-refractivity contribution in [3.63, 3.8) is 0 Å². The molecule has 0 bridgehead atoms. The number of benzene rings is 2. The van der Waals surface area contributed by atoms with Crippen molar-refractivity contribution in [1.29, 1.82) is 0 Å². The average Bonchev–Trinajstić information content (AvgIpc) is 3.33. The molecule has 1 aliphatic rings. The minimum atomic E-state index is -4.93. The van der Waals surface area contributed by atoms with E-state index >= 15 is 0 Å². The molecule has 0 saturated heterocycles. The van der Waals surface area contributed by atoms with Gasteiger partial charge in [-0.3, -0.25) is 4.68 Å². The molecule has 158 valence electrons. The van der Waals surface area contributed by atoms with Crippen molar-refractivity contribution < 1.29 is 33.6 Å². The van der Waals surface area contributed by atoms with Crippen molar-refractivity contribution in [1.82, 2.24) is 9.78 Å². The first kappa shape index (κ1) is 20.5. The number of nitrogens with zero attached hydrogens (tertiary/aromatic N) is 2. The van der Waals surface area contributed by atoms with Crippen molar-refractivity contribution in [3.05, 3.63) is 66.0 Å². The Morgan fingerprint density at radius 2 is 1.47 bits per heavy atom. The van der Waals surface area contributed by atoms with Crippen LogP contribution in [0.4, 0.5) is 13.2 Å². The van der Waals surface area contributed by atoms with E-state index in [0.717, 1.165) is 0 Å². The van der Waals surface area contributed by atoms with Gasteiger partial charge in [-0.25, -0.2) is 0 Å². The molecule has 0 amide bonds. The summed E-state index contributed by atoms with van der Waals surface area (Å²) in [5.74, 6) is 0.